The molecule has 0 unspecified atom stereocenters. The molecule has 0 aliphatic carbocycles. The van der Waals surface area contributed by atoms with Crippen molar-refractivity contribution in [3.8, 4) is 22.3 Å². The maximum atomic E-state index is 13.6. The Morgan fingerprint density at radius 2 is 0.792 bits per heavy atom. The molecule has 2 fully saturated rings. The van der Waals surface area contributed by atoms with E-state index in [-0.39, 0.29) is 47.2 Å². The van der Waals surface area contributed by atoms with Crippen molar-refractivity contribution in [2.45, 2.75) is 204 Å². The number of aliphatic imine (C=N–C) groups is 3. The molecule has 0 bridgehead atoms. The number of ether oxygens (including phenoxy) is 3. The smallest absolute Gasteiger partial charge is 0.444 e. The number of aromatic amines is 3. The summed E-state index contributed by atoms with van der Waals surface area (Å²) in [5.74, 6) is 1.05. The zero-order valence-corrected chi connectivity index (χ0v) is 76.6. The van der Waals surface area contributed by atoms with Gasteiger partial charge in [0.05, 0.1) is 28.3 Å². The van der Waals surface area contributed by atoms with E-state index in [9.17, 15) is 38.4 Å². The van der Waals surface area contributed by atoms with E-state index in [1.54, 1.807) is 72.3 Å². The van der Waals surface area contributed by atoms with Crippen molar-refractivity contribution in [3.63, 3.8) is 0 Å². The summed E-state index contributed by atoms with van der Waals surface area (Å²) in [6.07, 6.45) is 17.9. The van der Waals surface area contributed by atoms with Gasteiger partial charge in [-0.05, 0) is 262 Å². The van der Waals surface area contributed by atoms with E-state index < -0.39 is 41.7 Å². The molecule has 8 heterocycles. The molecule has 3 aromatic heterocycles. The van der Waals surface area contributed by atoms with Crippen LogP contribution in [0.3, 0.4) is 0 Å². The van der Waals surface area contributed by atoms with Gasteiger partial charge in [0, 0.05) is 144 Å². The second-order valence-corrected chi connectivity index (χ2v) is 35.3. The molecule has 25 nitrogen and oxygen atoms in total. The molecule has 27 heteroatoms. The van der Waals surface area contributed by atoms with E-state index in [2.05, 4.69) is 74.2 Å². The molecule has 0 saturated carbocycles. The summed E-state index contributed by atoms with van der Waals surface area (Å²) >= 11 is 3.34. The highest BCUT2D eigenvalue weighted by Crippen LogP contribution is 2.39. The number of hydrogen-bond donors (Lipinski definition) is 6. The molecule has 5 aliphatic rings. The molecule has 9 aromatic rings. The number of nitrogens with two attached hydrogens (primary N) is 1. The fourth-order valence-electron chi connectivity index (χ4n) is 14.6. The first-order valence-corrected chi connectivity index (χ1v) is 44.1. The average molecular weight is 1760 g/mol. The summed E-state index contributed by atoms with van der Waals surface area (Å²) in [6, 6.07) is 40.2. The second-order valence-electron chi connectivity index (χ2n) is 34.4. The van der Waals surface area contributed by atoms with Gasteiger partial charge in [-0.15, -0.1) is 0 Å². The molecule has 125 heavy (non-hydrogen) atoms. The molecule has 5 aliphatic heterocycles. The van der Waals surface area contributed by atoms with Crippen LogP contribution in [-0.4, -0.2) is 159 Å². The Bertz CT molecular complexity index is 5760. The highest BCUT2D eigenvalue weighted by molar-refractivity contribution is 9.10. The topological polar surface area (TPSA) is 327 Å². The lowest BCUT2D eigenvalue weighted by molar-refractivity contribution is -0.128. The van der Waals surface area contributed by atoms with Gasteiger partial charge >= 0.3 is 19.3 Å². The maximum absolute atomic E-state index is 13.6. The molecule has 14 rings (SSSR count). The molecule has 7 N–H and O–H groups in total. The van der Waals surface area contributed by atoms with Crippen LogP contribution >= 0.6 is 15.9 Å². The highest BCUT2D eigenvalue weighted by atomic mass is 79.9. The summed E-state index contributed by atoms with van der Waals surface area (Å²) in [4.78, 5) is 129. The van der Waals surface area contributed by atoms with Crippen LogP contribution in [0.15, 0.2) is 197 Å². The lowest BCUT2D eigenvalue weighted by Crippen LogP contribution is -2.41. The number of halogens is 1. The average Bonchev–Trinajstić information content (AvgIpc) is 1.66. The first-order chi connectivity index (χ1) is 59.5. The molecular formula is C98H120BBrN12O13. The monoisotopic (exact) mass is 1760 g/mol. The zero-order valence-electron chi connectivity index (χ0n) is 75.0. The van der Waals surface area contributed by atoms with Crippen molar-refractivity contribution < 1.29 is 47.5 Å². The molecular weight excluding hydrogens is 1640 g/mol. The standard InChI is InChI=1S/C31H36N4O4.C28H42BN3O5.C26H28N4O2.C9H6BrNO.C4H8O/c1-6-14-35(15-7-2)29(37)24-17-23-9-8-21(20-10-11-25-22(16-20)12-13-32-28(25)36)18-26(23)33-27(19-24)34-30(38)39-31(3,4)5;1-10-14-32(15-11-2)24(33)20-16-19-12-13-21(29-36-27(6,7)28(8,9)37-29)18-22(19)30-23(17-20)31-25(34)35-26(3,4)5;1-3-11-30(12-4-2)26(32)21-14-20-6-5-18(15-23(20)29-24(27)16-21)17-7-8-22-19(13-17)9-10-28-25(22)31;10-7-1-2-8-6(5-7)3-4-11-9(8)12;1-2-4-5-3-1/h8-13,16-18H,6-7,14-15,19H2,1-5H3,(H,32,36)(H,33,34,38);12-13,16,18H,10-11,14-15,17H2,1-9H3,(H,30,31,34);5-10,13-15H,3-4,11-12,16H2,1-2H3,(H2,27,29)(H,28,31);1-5H,(H,11,12);1-4H2. The number of carbonyl (C=O) groups excluding carboxylic acids is 5. The number of amides is 5. The highest BCUT2D eigenvalue weighted by Gasteiger charge is 2.52. The van der Waals surface area contributed by atoms with Gasteiger partial charge < -0.3 is 58.9 Å². The van der Waals surface area contributed by atoms with Crippen molar-refractivity contribution >= 4 is 144 Å². The van der Waals surface area contributed by atoms with Gasteiger partial charge in [-0.2, -0.15) is 0 Å². The van der Waals surface area contributed by atoms with E-state index in [0.717, 1.165) is 141 Å². The lowest BCUT2D eigenvalue weighted by Gasteiger charge is -2.32. The number of amidine groups is 3. The largest absolute Gasteiger partial charge is 0.494 e. The summed E-state index contributed by atoms with van der Waals surface area (Å²) < 4.78 is 29.3. The Hall–Kier alpha value is -11.6. The summed E-state index contributed by atoms with van der Waals surface area (Å²) in [7, 11) is -0.550. The number of hydrogen-bond acceptors (Lipinski definition) is 17. The molecule has 0 radical (unpaired) electrons. The number of rotatable bonds is 18. The number of carbonyl (C=O) groups is 5. The van der Waals surface area contributed by atoms with Crippen molar-refractivity contribution in [1.29, 1.82) is 0 Å². The van der Waals surface area contributed by atoms with Gasteiger partial charge in [0.25, 0.3) is 16.7 Å². The number of aromatic nitrogens is 3. The SMILES string of the molecule is C1CCOC1.CCCN(CCC)C(=O)C1=Cc2ccc(-c3ccc4c(=O)[nH]ccc4c3)cc2N=C(N)C1.CCCN(CCC)C(=O)C1=Cc2ccc(-c3ccc4c(=O)[nH]ccc4c3)cc2N=C(NC(=O)OC(C)(C)C)C1.CCCN(CCC)C(=O)C1=Cc2ccc(B3OC(C)(C)C(C)(C)O3)cc2N=C(NC(=O)OC(C)(C)C)C1.O=c1[nH]ccc2cc(Br)ccc12. The van der Waals surface area contributed by atoms with E-state index >= 15 is 0 Å². The van der Waals surface area contributed by atoms with Gasteiger partial charge in [0.1, 0.15) is 28.7 Å². The van der Waals surface area contributed by atoms with Crippen LogP contribution < -0.4 is 38.5 Å². The van der Waals surface area contributed by atoms with E-state index in [1.165, 1.54) is 12.8 Å². The summed E-state index contributed by atoms with van der Waals surface area (Å²) in [5, 5.41) is 10.2. The van der Waals surface area contributed by atoms with Gasteiger partial charge in [0.2, 0.25) is 17.7 Å². The van der Waals surface area contributed by atoms with Gasteiger partial charge in [-0.25, -0.2) is 24.6 Å². The van der Waals surface area contributed by atoms with Gasteiger partial charge in [-0.1, -0.05) is 106 Å². The van der Waals surface area contributed by atoms with Gasteiger partial charge in [0.15, 0.2) is 0 Å². The van der Waals surface area contributed by atoms with Gasteiger partial charge in [-0.3, -0.25) is 39.4 Å². The number of H-pyrrole nitrogens is 3. The quantitative estimate of drug-likeness (QED) is 0.0435. The van der Waals surface area contributed by atoms with Crippen LogP contribution in [0.4, 0.5) is 26.7 Å². The molecule has 2 saturated heterocycles. The maximum Gasteiger partial charge on any atom is 0.494 e. The van der Waals surface area contributed by atoms with Crippen molar-refractivity contribution in [2.24, 2.45) is 20.7 Å². The third-order valence-corrected chi connectivity index (χ3v) is 21.7. The number of pyridine rings is 3. The zero-order chi connectivity index (χ0) is 90.5. The Kier molecular flexibility index (Phi) is 33.1. The van der Waals surface area contributed by atoms with Crippen molar-refractivity contribution in [2.75, 3.05) is 52.5 Å². The Morgan fingerprint density at radius 3 is 1.16 bits per heavy atom. The van der Waals surface area contributed by atoms with Crippen LogP contribution in [0.25, 0.3) is 72.8 Å². The number of alkyl carbamates (subject to hydrolysis) is 2. The Balaban J connectivity index is 0.000000178. The van der Waals surface area contributed by atoms with Crippen LogP contribution in [0.2, 0.25) is 0 Å². The van der Waals surface area contributed by atoms with Crippen LogP contribution in [0, 0.1) is 0 Å². The molecule has 6 aromatic carbocycles. The minimum Gasteiger partial charge on any atom is -0.444 e. The molecule has 0 spiro atoms. The number of benzene rings is 6. The first kappa shape index (κ1) is 95.6. The van der Waals surface area contributed by atoms with Crippen LogP contribution in [0.1, 0.15) is 198 Å². The van der Waals surface area contributed by atoms with E-state index in [4.69, 9.17) is 39.2 Å². The fourth-order valence-corrected chi connectivity index (χ4v) is 15.0. The normalized spacial score (nSPS) is 14.9. The van der Waals surface area contributed by atoms with Crippen molar-refractivity contribution in [3.05, 3.63) is 215 Å². The molecule has 0 atom stereocenters. The summed E-state index contributed by atoms with van der Waals surface area (Å²) in [6.45, 7) is 37.3. The number of fused-ring (bicyclic) bond motifs is 6. The Morgan fingerprint density at radius 1 is 0.456 bits per heavy atom. The second kappa shape index (κ2) is 43.3. The number of nitrogens with one attached hydrogen (secondary N) is 5. The predicted molar refractivity (Wildman–Crippen MR) is 508 cm³/mol. The Labute approximate surface area is 741 Å². The molecule has 5 amide bonds. The van der Waals surface area contributed by atoms with E-state index in [0.29, 0.717) is 89.0 Å². The van der Waals surface area contributed by atoms with Crippen LogP contribution in [-0.2, 0) is 37.9 Å². The van der Waals surface area contributed by atoms with Crippen LogP contribution in [0.5, 0.6) is 0 Å². The lowest BCUT2D eigenvalue weighted by atomic mass is 9.78. The first-order valence-electron chi connectivity index (χ1n) is 43.3. The minimum absolute atomic E-state index is 0.0310. The number of nitrogens with zero attached hydrogens (tertiary/aromatic N) is 6. The predicted octanol–water partition coefficient (Wildman–Crippen LogP) is 18.9. The third kappa shape index (κ3) is 26.2. The third-order valence-electron chi connectivity index (χ3n) is 21.2. The minimum atomic E-state index is -0.675. The molecule has 660 valence electrons. The fraction of sp³-hybridized carbons (Fsp3) is 0.398. The summed E-state index contributed by atoms with van der Waals surface area (Å²) in [5.41, 5.74) is 14.5. The van der Waals surface area contributed by atoms with Crippen molar-refractivity contribution in [1.82, 2.24) is 40.3 Å². The van der Waals surface area contributed by atoms with E-state index in [1.807, 2.05) is 190 Å².